The summed E-state index contributed by atoms with van der Waals surface area (Å²) in [6, 6.07) is 5.83. The van der Waals surface area contributed by atoms with Gasteiger partial charge in [-0.1, -0.05) is 15.9 Å². The van der Waals surface area contributed by atoms with Gasteiger partial charge in [0.05, 0.1) is 18.2 Å². The van der Waals surface area contributed by atoms with Crippen LogP contribution in [-0.4, -0.2) is 9.55 Å². The van der Waals surface area contributed by atoms with Crippen LogP contribution in [0.1, 0.15) is 31.1 Å². The second kappa shape index (κ2) is 6.21. The summed E-state index contributed by atoms with van der Waals surface area (Å²) in [7, 11) is 0. The minimum Gasteiger partial charge on any atom is -0.487 e. The molecule has 1 heterocycles. The lowest BCUT2D eigenvalue weighted by Gasteiger charge is -2.15. The third kappa shape index (κ3) is 3.36. The first-order valence-corrected chi connectivity index (χ1v) is 7.08. The molecule has 0 bridgehead atoms. The molecule has 0 radical (unpaired) electrons. The van der Waals surface area contributed by atoms with Gasteiger partial charge in [-0.05, 0) is 32.0 Å². The Balaban J connectivity index is 2.15. The van der Waals surface area contributed by atoms with Crippen LogP contribution >= 0.6 is 15.9 Å². The van der Waals surface area contributed by atoms with Gasteiger partial charge in [-0.3, -0.25) is 0 Å². The van der Waals surface area contributed by atoms with Gasteiger partial charge in [0, 0.05) is 22.6 Å². The lowest BCUT2D eigenvalue weighted by molar-refractivity contribution is 0.291. The van der Waals surface area contributed by atoms with Gasteiger partial charge in [-0.15, -0.1) is 0 Å². The Hall–Kier alpha value is -1.33. The average molecular weight is 324 g/mol. The van der Waals surface area contributed by atoms with Gasteiger partial charge in [0.25, 0.3) is 0 Å². The number of aryl methyl sites for hydroxylation is 1. The van der Waals surface area contributed by atoms with E-state index in [9.17, 15) is 0 Å². The summed E-state index contributed by atoms with van der Waals surface area (Å²) in [5.41, 5.74) is 8.02. The molecule has 2 aromatic rings. The first-order valence-electron chi connectivity index (χ1n) is 6.28. The smallest absolute Gasteiger partial charge is 0.130 e. The highest BCUT2D eigenvalue weighted by molar-refractivity contribution is 9.10. The molecule has 0 saturated carbocycles. The predicted octanol–water partition coefficient (Wildman–Crippen LogP) is 3.26. The summed E-state index contributed by atoms with van der Waals surface area (Å²) in [6.45, 7) is 5.41. The molecule has 4 nitrogen and oxygen atoms in total. The maximum absolute atomic E-state index is 5.97. The highest BCUT2D eigenvalue weighted by Crippen LogP contribution is 2.28. The normalized spacial score (nSPS) is 12.4. The third-order valence-corrected chi connectivity index (χ3v) is 3.47. The zero-order valence-electron chi connectivity index (χ0n) is 11.1. The number of ether oxygens (including phenoxy) is 1. The monoisotopic (exact) mass is 323 g/mol. The van der Waals surface area contributed by atoms with Crippen LogP contribution in [0.15, 0.2) is 35.2 Å². The van der Waals surface area contributed by atoms with E-state index in [4.69, 9.17) is 10.5 Å². The molecule has 5 heteroatoms. The molecule has 0 aliphatic rings. The van der Waals surface area contributed by atoms with Gasteiger partial charge in [0.15, 0.2) is 0 Å². The summed E-state index contributed by atoms with van der Waals surface area (Å²) >= 11 is 3.45. The minimum absolute atomic E-state index is 0.0661. The number of rotatable bonds is 5. The molecule has 2 rings (SSSR count). The van der Waals surface area contributed by atoms with Crippen molar-refractivity contribution in [2.45, 2.75) is 33.0 Å². The first-order chi connectivity index (χ1) is 9.11. The number of nitrogens with two attached hydrogens (primary N) is 1. The van der Waals surface area contributed by atoms with E-state index < -0.39 is 0 Å². The van der Waals surface area contributed by atoms with Crippen molar-refractivity contribution in [3.05, 3.63) is 46.5 Å². The zero-order chi connectivity index (χ0) is 13.8. The Kier molecular flexibility index (Phi) is 4.61. The van der Waals surface area contributed by atoms with Crippen molar-refractivity contribution in [2.75, 3.05) is 0 Å². The first kappa shape index (κ1) is 14.1. The zero-order valence-corrected chi connectivity index (χ0v) is 12.7. The van der Waals surface area contributed by atoms with Crippen LogP contribution in [0.2, 0.25) is 0 Å². The van der Waals surface area contributed by atoms with Crippen molar-refractivity contribution in [1.29, 1.82) is 0 Å². The summed E-state index contributed by atoms with van der Waals surface area (Å²) in [6.07, 6.45) is 3.64. The van der Waals surface area contributed by atoms with Crippen molar-refractivity contribution in [3.63, 3.8) is 0 Å². The lowest BCUT2D eigenvalue weighted by atomic mass is 10.1. The van der Waals surface area contributed by atoms with Gasteiger partial charge < -0.3 is 15.0 Å². The van der Waals surface area contributed by atoms with E-state index in [1.54, 1.807) is 0 Å². The molecule has 1 aromatic carbocycles. The molecule has 1 atom stereocenters. The average Bonchev–Trinajstić information content (AvgIpc) is 2.84. The number of nitrogens with zero attached hydrogens (tertiary/aromatic N) is 2. The predicted molar refractivity (Wildman–Crippen MR) is 79.0 cm³/mol. The van der Waals surface area contributed by atoms with Gasteiger partial charge >= 0.3 is 0 Å². The minimum atomic E-state index is -0.0661. The molecule has 2 N–H and O–H groups in total. The SMILES string of the molecule is CCn1cncc1COc1ccc(Br)cc1[C@H](C)N. The molecule has 0 aliphatic carbocycles. The van der Waals surface area contributed by atoms with Gasteiger partial charge in [0.1, 0.15) is 12.4 Å². The van der Waals surface area contributed by atoms with Gasteiger partial charge in [0.2, 0.25) is 0 Å². The Morgan fingerprint density at radius 1 is 1.47 bits per heavy atom. The van der Waals surface area contributed by atoms with Crippen LogP contribution in [-0.2, 0) is 13.2 Å². The topological polar surface area (TPSA) is 53.1 Å². The molecule has 0 amide bonds. The molecule has 1 aromatic heterocycles. The molecular formula is C14H18BrN3O. The number of aromatic nitrogens is 2. The van der Waals surface area contributed by atoms with Crippen LogP contribution in [0.4, 0.5) is 0 Å². The van der Waals surface area contributed by atoms with E-state index in [1.807, 2.05) is 37.6 Å². The van der Waals surface area contributed by atoms with Crippen molar-refractivity contribution in [2.24, 2.45) is 5.73 Å². The van der Waals surface area contributed by atoms with Crippen molar-refractivity contribution in [3.8, 4) is 5.75 Å². The van der Waals surface area contributed by atoms with Crippen molar-refractivity contribution in [1.82, 2.24) is 9.55 Å². The van der Waals surface area contributed by atoms with Crippen LogP contribution in [0.5, 0.6) is 5.75 Å². The van der Waals surface area contributed by atoms with Crippen LogP contribution < -0.4 is 10.5 Å². The molecule has 102 valence electrons. The van der Waals surface area contributed by atoms with Crippen LogP contribution in [0.3, 0.4) is 0 Å². The Morgan fingerprint density at radius 2 is 2.26 bits per heavy atom. The standard InChI is InChI=1S/C14H18BrN3O/c1-3-18-9-17-7-12(18)8-19-14-5-4-11(15)6-13(14)10(2)16/h4-7,9-10H,3,8,16H2,1-2H3/t10-/m0/s1. The van der Waals surface area contributed by atoms with Crippen LogP contribution in [0.25, 0.3) is 0 Å². The maximum Gasteiger partial charge on any atom is 0.130 e. The summed E-state index contributed by atoms with van der Waals surface area (Å²) in [5.74, 6) is 0.821. The fourth-order valence-corrected chi connectivity index (χ4v) is 2.29. The molecule has 19 heavy (non-hydrogen) atoms. The van der Waals surface area contributed by atoms with Crippen LogP contribution in [0, 0.1) is 0 Å². The second-order valence-electron chi connectivity index (χ2n) is 4.43. The number of benzene rings is 1. The van der Waals surface area contributed by atoms with E-state index in [0.29, 0.717) is 6.61 Å². The summed E-state index contributed by atoms with van der Waals surface area (Å²) in [5, 5.41) is 0. The van der Waals surface area contributed by atoms with E-state index in [1.165, 1.54) is 0 Å². The van der Waals surface area contributed by atoms with Crippen molar-refractivity contribution < 1.29 is 4.74 Å². The molecule has 0 saturated heterocycles. The number of imidazole rings is 1. The van der Waals surface area contributed by atoms with E-state index in [-0.39, 0.29) is 6.04 Å². The quantitative estimate of drug-likeness (QED) is 0.918. The highest BCUT2D eigenvalue weighted by Gasteiger charge is 2.10. The largest absolute Gasteiger partial charge is 0.487 e. The maximum atomic E-state index is 5.97. The molecule has 0 fully saturated rings. The highest BCUT2D eigenvalue weighted by atomic mass is 79.9. The molecular weight excluding hydrogens is 306 g/mol. The van der Waals surface area contributed by atoms with Gasteiger partial charge in [-0.2, -0.15) is 0 Å². The Morgan fingerprint density at radius 3 is 2.95 bits per heavy atom. The lowest BCUT2D eigenvalue weighted by Crippen LogP contribution is -2.09. The van der Waals surface area contributed by atoms with E-state index in [0.717, 1.165) is 28.0 Å². The molecule has 0 spiro atoms. The fraction of sp³-hybridized carbons (Fsp3) is 0.357. The Labute approximate surface area is 121 Å². The molecule has 0 unspecified atom stereocenters. The van der Waals surface area contributed by atoms with E-state index >= 15 is 0 Å². The Bertz CT molecular complexity index is 551. The van der Waals surface area contributed by atoms with E-state index in [2.05, 4.69) is 32.4 Å². The number of halogens is 1. The van der Waals surface area contributed by atoms with Crippen molar-refractivity contribution >= 4 is 15.9 Å². The summed E-state index contributed by atoms with van der Waals surface area (Å²) < 4.78 is 8.94. The van der Waals surface area contributed by atoms with Gasteiger partial charge in [-0.25, -0.2) is 4.98 Å². The third-order valence-electron chi connectivity index (χ3n) is 2.98. The second-order valence-corrected chi connectivity index (χ2v) is 5.35. The summed E-state index contributed by atoms with van der Waals surface area (Å²) in [4.78, 5) is 4.13. The molecule has 0 aliphatic heterocycles. The fourth-order valence-electron chi connectivity index (χ4n) is 1.91. The number of hydrogen-bond acceptors (Lipinski definition) is 3. The number of hydrogen-bond donors (Lipinski definition) is 1.